The molecule has 1 fully saturated rings. The second kappa shape index (κ2) is 5.63. The average Bonchev–Trinajstić information content (AvgIpc) is 2.46. The van der Waals surface area contributed by atoms with E-state index in [4.69, 9.17) is 10.9 Å². The number of rotatable bonds is 3. The van der Waals surface area contributed by atoms with Crippen molar-refractivity contribution in [2.75, 3.05) is 37.3 Å². The highest BCUT2D eigenvalue weighted by Gasteiger charge is 2.23. The number of hydrogen-bond acceptors (Lipinski definition) is 6. The van der Waals surface area contributed by atoms with Crippen molar-refractivity contribution in [3.05, 3.63) is 24.0 Å². The number of anilines is 1. The zero-order valence-electron chi connectivity index (χ0n) is 11.1. The highest BCUT2D eigenvalue weighted by molar-refractivity contribution is 7.88. The van der Waals surface area contributed by atoms with E-state index in [1.807, 2.05) is 11.0 Å². The van der Waals surface area contributed by atoms with Crippen LogP contribution in [-0.2, 0) is 10.0 Å². The summed E-state index contributed by atoms with van der Waals surface area (Å²) < 4.78 is 24.4. The maximum atomic E-state index is 11.4. The fraction of sp³-hybridized carbons (Fsp3) is 0.455. The molecule has 1 aliphatic heterocycles. The maximum Gasteiger partial charge on any atom is 0.211 e. The summed E-state index contributed by atoms with van der Waals surface area (Å²) in [6.07, 6.45) is 2.79. The SMILES string of the molecule is CS(=O)(=O)N1CCN(c2ccnc(C(N)=NO)c2)CC1. The molecular weight excluding hydrogens is 282 g/mol. The lowest BCUT2D eigenvalue weighted by molar-refractivity contribution is 0.318. The number of piperazine rings is 1. The average molecular weight is 299 g/mol. The van der Waals surface area contributed by atoms with Gasteiger partial charge in [0.25, 0.3) is 0 Å². The predicted molar refractivity (Wildman–Crippen MR) is 75.4 cm³/mol. The summed E-state index contributed by atoms with van der Waals surface area (Å²) in [5.41, 5.74) is 6.76. The van der Waals surface area contributed by atoms with Gasteiger partial charge in [-0.05, 0) is 12.1 Å². The van der Waals surface area contributed by atoms with Gasteiger partial charge >= 0.3 is 0 Å². The van der Waals surface area contributed by atoms with E-state index in [1.165, 1.54) is 10.6 Å². The van der Waals surface area contributed by atoms with Crippen molar-refractivity contribution in [1.29, 1.82) is 0 Å². The summed E-state index contributed by atoms with van der Waals surface area (Å²) in [7, 11) is -3.13. The van der Waals surface area contributed by atoms with E-state index in [9.17, 15) is 8.42 Å². The molecule has 0 unspecified atom stereocenters. The number of amidine groups is 1. The van der Waals surface area contributed by atoms with E-state index in [0.29, 0.717) is 31.9 Å². The summed E-state index contributed by atoms with van der Waals surface area (Å²) in [5.74, 6) is -0.0541. The van der Waals surface area contributed by atoms with Gasteiger partial charge in [0, 0.05) is 38.1 Å². The Bertz CT molecular complexity index is 608. The summed E-state index contributed by atoms with van der Waals surface area (Å²) in [4.78, 5) is 6.05. The zero-order chi connectivity index (χ0) is 14.8. The molecule has 0 aromatic carbocycles. The number of oxime groups is 1. The van der Waals surface area contributed by atoms with Crippen LogP contribution in [0.4, 0.5) is 5.69 Å². The first-order chi connectivity index (χ1) is 9.41. The van der Waals surface area contributed by atoms with E-state index in [0.717, 1.165) is 5.69 Å². The quantitative estimate of drug-likeness (QED) is 0.329. The van der Waals surface area contributed by atoms with Crippen molar-refractivity contribution in [1.82, 2.24) is 9.29 Å². The number of sulfonamides is 1. The third-order valence-corrected chi connectivity index (χ3v) is 4.49. The normalized spacial score (nSPS) is 18.2. The van der Waals surface area contributed by atoms with Gasteiger partial charge in [0.1, 0.15) is 5.69 Å². The Morgan fingerprint density at radius 1 is 1.40 bits per heavy atom. The van der Waals surface area contributed by atoms with E-state index in [-0.39, 0.29) is 5.84 Å². The highest BCUT2D eigenvalue weighted by atomic mass is 32.2. The molecule has 0 atom stereocenters. The molecule has 0 radical (unpaired) electrons. The standard InChI is InChI=1S/C11H17N5O3S/c1-20(18,19)16-6-4-15(5-7-16)9-2-3-13-10(8-9)11(12)14-17/h2-3,8,17H,4-7H2,1H3,(H2,12,14). The minimum Gasteiger partial charge on any atom is -0.409 e. The molecule has 1 aromatic heterocycles. The van der Waals surface area contributed by atoms with Crippen LogP contribution in [0.5, 0.6) is 0 Å². The number of pyridine rings is 1. The van der Waals surface area contributed by atoms with Crippen molar-refractivity contribution >= 4 is 21.5 Å². The Labute approximate surface area is 117 Å². The van der Waals surface area contributed by atoms with E-state index < -0.39 is 10.0 Å². The number of nitrogens with zero attached hydrogens (tertiary/aromatic N) is 4. The van der Waals surface area contributed by atoms with Gasteiger partial charge in [0.05, 0.1) is 6.26 Å². The molecule has 0 bridgehead atoms. The Hall–Kier alpha value is -1.87. The molecule has 2 heterocycles. The van der Waals surface area contributed by atoms with Crippen LogP contribution in [-0.4, -0.2) is 61.2 Å². The molecule has 9 heteroatoms. The minimum absolute atomic E-state index is 0.0541. The van der Waals surface area contributed by atoms with Crippen molar-refractivity contribution < 1.29 is 13.6 Å². The molecule has 1 aromatic rings. The Balaban J connectivity index is 2.11. The molecule has 0 aliphatic carbocycles. The monoisotopic (exact) mass is 299 g/mol. The van der Waals surface area contributed by atoms with Crippen LogP contribution in [0.15, 0.2) is 23.5 Å². The molecule has 0 saturated carbocycles. The molecule has 8 nitrogen and oxygen atoms in total. The Morgan fingerprint density at radius 3 is 2.60 bits per heavy atom. The van der Waals surface area contributed by atoms with Gasteiger partial charge in [-0.25, -0.2) is 8.42 Å². The summed E-state index contributed by atoms with van der Waals surface area (Å²) in [6.45, 7) is 2.07. The highest BCUT2D eigenvalue weighted by Crippen LogP contribution is 2.17. The van der Waals surface area contributed by atoms with Crippen molar-refractivity contribution in [2.24, 2.45) is 10.9 Å². The fourth-order valence-electron chi connectivity index (χ4n) is 2.09. The van der Waals surface area contributed by atoms with E-state index in [2.05, 4.69) is 10.1 Å². The molecule has 1 aliphatic rings. The van der Waals surface area contributed by atoms with E-state index in [1.54, 1.807) is 12.3 Å². The van der Waals surface area contributed by atoms with Gasteiger partial charge in [-0.1, -0.05) is 5.16 Å². The maximum absolute atomic E-state index is 11.4. The second-order valence-corrected chi connectivity index (χ2v) is 6.52. The van der Waals surface area contributed by atoms with Gasteiger partial charge in [0.2, 0.25) is 10.0 Å². The van der Waals surface area contributed by atoms with Crippen molar-refractivity contribution in [3.8, 4) is 0 Å². The van der Waals surface area contributed by atoms with Gasteiger partial charge in [-0.15, -0.1) is 0 Å². The molecule has 3 N–H and O–H groups in total. The summed E-state index contributed by atoms with van der Waals surface area (Å²) >= 11 is 0. The largest absolute Gasteiger partial charge is 0.409 e. The van der Waals surface area contributed by atoms with Crippen molar-refractivity contribution in [2.45, 2.75) is 0 Å². The molecule has 1 saturated heterocycles. The topological polar surface area (TPSA) is 112 Å². The van der Waals surface area contributed by atoms with Crippen LogP contribution in [0.2, 0.25) is 0 Å². The predicted octanol–water partition coefficient (Wildman–Crippen LogP) is -0.742. The molecule has 110 valence electrons. The van der Waals surface area contributed by atoms with Crippen LogP contribution in [0, 0.1) is 0 Å². The lowest BCUT2D eigenvalue weighted by Crippen LogP contribution is -2.48. The minimum atomic E-state index is -3.13. The van der Waals surface area contributed by atoms with Gasteiger partial charge in [-0.2, -0.15) is 4.31 Å². The molecule has 0 spiro atoms. The third kappa shape index (κ3) is 3.17. The van der Waals surface area contributed by atoms with E-state index >= 15 is 0 Å². The lowest BCUT2D eigenvalue weighted by atomic mass is 10.2. The first-order valence-electron chi connectivity index (χ1n) is 6.06. The number of hydrogen-bond donors (Lipinski definition) is 2. The number of aromatic nitrogens is 1. The molecular formula is C11H17N5O3S. The molecule has 0 amide bonds. The first kappa shape index (κ1) is 14.5. The fourth-order valence-corrected chi connectivity index (χ4v) is 2.91. The van der Waals surface area contributed by atoms with Crippen LogP contribution < -0.4 is 10.6 Å². The number of nitrogens with two attached hydrogens (primary N) is 1. The molecule has 20 heavy (non-hydrogen) atoms. The third-order valence-electron chi connectivity index (χ3n) is 3.19. The van der Waals surface area contributed by atoms with Crippen LogP contribution >= 0.6 is 0 Å². The van der Waals surface area contributed by atoms with Crippen LogP contribution in [0.25, 0.3) is 0 Å². The van der Waals surface area contributed by atoms with Crippen LogP contribution in [0.3, 0.4) is 0 Å². The van der Waals surface area contributed by atoms with Gasteiger partial charge < -0.3 is 15.8 Å². The zero-order valence-corrected chi connectivity index (χ0v) is 11.9. The Morgan fingerprint density at radius 2 is 2.05 bits per heavy atom. The van der Waals surface area contributed by atoms with Gasteiger partial charge in [0.15, 0.2) is 5.84 Å². The summed E-state index contributed by atoms with van der Waals surface area (Å²) in [6, 6.07) is 3.52. The van der Waals surface area contributed by atoms with Crippen LogP contribution in [0.1, 0.15) is 5.69 Å². The van der Waals surface area contributed by atoms with Crippen molar-refractivity contribution in [3.63, 3.8) is 0 Å². The summed E-state index contributed by atoms with van der Waals surface area (Å²) in [5, 5.41) is 11.6. The second-order valence-electron chi connectivity index (χ2n) is 4.53. The van der Waals surface area contributed by atoms with Gasteiger partial charge in [-0.3, -0.25) is 4.98 Å². The molecule has 2 rings (SSSR count). The Kier molecular flexibility index (Phi) is 4.09. The smallest absolute Gasteiger partial charge is 0.211 e. The first-order valence-corrected chi connectivity index (χ1v) is 7.90. The lowest BCUT2D eigenvalue weighted by Gasteiger charge is -2.34.